The largest absolute Gasteiger partial charge is 0.270 e. The number of nitrogens with zero attached hydrogens (tertiary/aromatic N) is 6. The van der Waals surface area contributed by atoms with E-state index in [1.54, 1.807) is 16.8 Å². The highest BCUT2D eigenvalue weighted by Crippen LogP contribution is 2.23. The van der Waals surface area contributed by atoms with Crippen LogP contribution in [-0.4, -0.2) is 31.3 Å². The Balaban J connectivity index is 1.61. The summed E-state index contributed by atoms with van der Waals surface area (Å²) >= 11 is 0. The third-order valence-electron chi connectivity index (χ3n) is 3.92. The lowest BCUT2D eigenvalue weighted by Crippen LogP contribution is -2.04. The average molecular weight is 359 g/mol. The van der Waals surface area contributed by atoms with E-state index in [0.717, 1.165) is 16.5 Å². The van der Waals surface area contributed by atoms with E-state index >= 15 is 0 Å². The Morgan fingerprint density at radius 1 is 1.07 bits per heavy atom. The molecule has 0 amide bonds. The van der Waals surface area contributed by atoms with Crippen LogP contribution < -0.4 is 5.43 Å². The molecule has 0 aliphatic rings. The van der Waals surface area contributed by atoms with Crippen LogP contribution >= 0.6 is 0 Å². The van der Waals surface area contributed by atoms with E-state index in [-0.39, 0.29) is 5.69 Å². The molecule has 0 aliphatic carbocycles. The molecule has 27 heavy (non-hydrogen) atoms. The van der Waals surface area contributed by atoms with E-state index < -0.39 is 4.92 Å². The number of hydrazone groups is 1. The first kappa shape index (κ1) is 16.3. The van der Waals surface area contributed by atoms with Gasteiger partial charge in [-0.1, -0.05) is 53.6 Å². The van der Waals surface area contributed by atoms with Crippen molar-refractivity contribution in [3.05, 3.63) is 82.4 Å². The summed E-state index contributed by atoms with van der Waals surface area (Å²) in [7, 11) is 0. The lowest BCUT2D eigenvalue weighted by Gasteiger charge is -2.07. The summed E-state index contributed by atoms with van der Waals surface area (Å²) in [6.07, 6.45) is 1.47. The van der Waals surface area contributed by atoms with Gasteiger partial charge in [-0.05, 0) is 21.9 Å². The van der Waals surface area contributed by atoms with Crippen LogP contribution in [0.5, 0.6) is 0 Å². The number of tetrazole rings is 1. The molecule has 1 aromatic heterocycles. The van der Waals surface area contributed by atoms with E-state index in [0.29, 0.717) is 11.5 Å². The molecule has 0 bridgehead atoms. The molecular weight excluding hydrogens is 346 g/mol. The summed E-state index contributed by atoms with van der Waals surface area (Å²) in [6, 6.07) is 19.9. The molecule has 0 atom stereocenters. The Bertz CT molecular complexity index is 1150. The number of anilines is 1. The van der Waals surface area contributed by atoms with Gasteiger partial charge in [-0.2, -0.15) is 9.78 Å². The second kappa shape index (κ2) is 7.00. The molecule has 1 N–H and O–H groups in total. The molecule has 132 valence electrons. The lowest BCUT2D eigenvalue weighted by molar-refractivity contribution is -0.384. The zero-order chi connectivity index (χ0) is 18.6. The number of fused-ring (bicyclic) bond motifs is 1. The van der Waals surface area contributed by atoms with Crippen molar-refractivity contribution in [2.75, 3.05) is 5.43 Å². The minimum Gasteiger partial charge on any atom is -0.258 e. The molecule has 4 aromatic rings. The van der Waals surface area contributed by atoms with Crippen molar-refractivity contribution in [3.63, 3.8) is 0 Å². The van der Waals surface area contributed by atoms with Gasteiger partial charge >= 0.3 is 0 Å². The fraction of sp³-hybridized carbons (Fsp3) is 0. The molecule has 0 unspecified atom stereocenters. The Morgan fingerprint density at radius 2 is 1.89 bits per heavy atom. The summed E-state index contributed by atoms with van der Waals surface area (Å²) in [5, 5.41) is 28.7. The maximum absolute atomic E-state index is 10.8. The molecular formula is C18H13N7O2. The second-order valence-electron chi connectivity index (χ2n) is 5.63. The van der Waals surface area contributed by atoms with Crippen LogP contribution in [-0.2, 0) is 0 Å². The summed E-state index contributed by atoms with van der Waals surface area (Å²) in [5.41, 5.74) is 4.18. The quantitative estimate of drug-likeness (QED) is 0.333. The van der Waals surface area contributed by atoms with Gasteiger partial charge in [-0.25, -0.2) is 5.43 Å². The number of nitro benzene ring substituents is 1. The smallest absolute Gasteiger partial charge is 0.258 e. The van der Waals surface area contributed by atoms with Gasteiger partial charge in [0.25, 0.3) is 11.6 Å². The first-order valence-electron chi connectivity index (χ1n) is 8.02. The van der Waals surface area contributed by atoms with Gasteiger partial charge in [0, 0.05) is 23.1 Å². The standard InChI is InChI=1S/C18H13N7O2/c26-25(27)15-8-3-5-13(11-15)12-19-20-18-21-22-23-24(18)17-10-4-7-14-6-1-2-9-16(14)17/h1-12H,(H,20,21,23)/b19-12+. The van der Waals surface area contributed by atoms with E-state index in [1.165, 1.54) is 18.3 Å². The number of non-ortho nitro benzene ring substituents is 1. The summed E-state index contributed by atoms with van der Waals surface area (Å²) in [5.74, 6) is 0.327. The molecule has 9 nitrogen and oxygen atoms in total. The average Bonchev–Trinajstić information content (AvgIpc) is 3.16. The van der Waals surface area contributed by atoms with Crippen molar-refractivity contribution < 1.29 is 4.92 Å². The number of rotatable bonds is 5. The van der Waals surface area contributed by atoms with Gasteiger partial charge in [0.05, 0.1) is 16.8 Å². The topological polar surface area (TPSA) is 111 Å². The Kier molecular flexibility index (Phi) is 4.24. The molecule has 3 aromatic carbocycles. The van der Waals surface area contributed by atoms with Crippen molar-refractivity contribution in [1.82, 2.24) is 20.2 Å². The van der Waals surface area contributed by atoms with E-state index in [9.17, 15) is 10.1 Å². The summed E-state index contributed by atoms with van der Waals surface area (Å²) in [6.45, 7) is 0. The fourth-order valence-corrected chi connectivity index (χ4v) is 2.70. The van der Waals surface area contributed by atoms with Gasteiger partial charge in [0.1, 0.15) is 0 Å². The van der Waals surface area contributed by atoms with Gasteiger partial charge in [0.15, 0.2) is 0 Å². The Hall–Kier alpha value is -4.14. The van der Waals surface area contributed by atoms with Gasteiger partial charge in [0.2, 0.25) is 0 Å². The number of aromatic nitrogens is 4. The maximum atomic E-state index is 10.8. The highest BCUT2D eigenvalue weighted by molar-refractivity contribution is 5.90. The van der Waals surface area contributed by atoms with Crippen molar-refractivity contribution in [2.24, 2.45) is 5.10 Å². The minimum absolute atomic E-state index is 0.000427. The number of nitro groups is 1. The second-order valence-corrected chi connectivity index (χ2v) is 5.63. The normalized spacial score (nSPS) is 11.1. The monoisotopic (exact) mass is 359 g/mol. The van der Waals surface area contributed by atoms with Crippen LogP contribution in [0.4, 0.5) is 11.6 Å². The summed E-state index contributed by atoms with van der Waals surface area (Å²) in [4.78, 5) is 10.4. The molecule has 0 fully saturated rings. The Labute approximate surface area is 153 Å². The first-order valence-corrected chi connectivity index (χ1v) is 8.02. The van der Waals surface area contributed by atoms with Crippen LogP contribution in [0.25, 0.3) is 16.5 Å². The van der Waals surface area contributed by atoms with Gasteiger partial charge in [-0.3, -0.25) is 10.1 Å². The molecule has 0 radical (unpaired) electrons. The van der Waals surface area contributed by atoms with Crippen LogP contribution in [0, 0.1) is 10.1 Å². The fourth-order valence-electron chi connectivity index (χ4n) is 2.70. The third-order valence-corrected chi connectivity index (χ3v) is 3.92. The zero-order valence-electron chi connectivity index (χ0n) is 13.9. The first-order chi connectivity index (χ1) is 13.2. The zero-order valence-corrected chi connectivity index (χ0v) is 13.9. The van der Waals surface area contributed by atoms with Crippen molar-refractivity contribution in [3.8, 4) is 5.69 Å². The van der Waals surface area contributed by atoms with E-state index in [4.69, 9.17) is 0 Å². The maximum Gasteiger partial charge on any atom is 0.270 e. The minimum atomic E-state index is -0.453. The van der Waals surface area contributed by atoms with Crippen LogP contribution in [0.1, 0.15) is 5.56 Å². The van der Waals surface area contributed by atoms with Crippen LogP contribution in [0.3, 0.4) is 0 Å². The van der Waals surface area contributed by atoms with Crippen molar-refractivity contribution in [1.29, 1.82) is 0 Å². The van der Waals surface area contributed by atoms with Crippen molar-refractivity contribution in [2.45, 2.75) is 0 Å². The van der Waals surface area contributed by atoms with Crippen LogP contribution in [0.15, 0.2) is 71.8 Å². The molecule has 1 heterocycles. The predicted octanol–water partition coefficient (Wildman–Crippen LogP) is 3.17. The SMILES string of the molecule is O=[N+]([O-])c1cccc(/C=N/Nc2nnnn2-c2cccc3ccccc23)c1. The third kappa shape index (κ3) is 3.33. The van der Waals surface area contributed by atoms with E-state index in [2.05, 4.69) is 26.1 Å². The Morgan fingerprint density at radius 3 is 2.78 bits per heavy atom. The molecule has 0 spiro atoms. The van der Waals surface area contributed by atoms with E-state index in [1.807, 2.05) is 42.5 Å². The molecule has 0 saturated heterocycles. The predicted molar refractivity (Wildman–Crippen MR) is 101 cm³/mol. The lowest BCUT2D eigenvalue weighted by atomic mass is 10.1. The van der Waals surface area contributed by atoms with Crippen LogP contribution in [0.2, 0.25) is 0 Å². The molecule has 9 heteroatoms. The van der Waals surface area contributed by atoms with Crippen molar-refractivity contribution >= 4 is 28.6 Å². The van der Waals surface area contributed by atoms with Gasteiger partial charge < -0.3 is 0 Å². The highest BCUT2D eigenvalue weighted by atomic mass is 16.6. The highest BCUT2D eigenvalue weighted by Gasteiger charge is 2.10. The number of nitrogens with one attached hydrogen (secondary N) is 1. The molecule has 4 rings (SSSR count). The molecule has 0 saturated carbocycles. The number of hydrogen-bond donors (Lipinski definition) is 1. The summed E-state index contributed by atoms with van der Waals surface area (Å²) < 4.78 is 1.55. The number of hydrogen-bond acceptors (Lipinski definition) is 7. The number of benzene rings is 3. The van der Waals surface area contributed by atoms with Gasteiger partial charge in [-0.15, -0.1) is 0 Å². The molecule has 0 aliphatic heterocycles.